The molecule has 28 heavy (non-hydrogen) atoms. The van der Waals surface area contributed by atoms with Crippen LogP contribution < -0.4 is 10.3 Å². The molecule has 2 amide bonds. The molecular weight excluding hydrogens is 350 g/mol. The molecule has 0 aromatic heterocycles. The number of amides is 2. The number of hydrogen-bond acceptors (Lipinski definition) is 3. The molecule has 1 aliphatic heterocycles. The Kier molecular flexibility index (Phi) is 6.95. The quantitative estimate of drug-likeness (QED) is 0.584. The van der Waals surface area contributed by atoms with Crippen molar-refractivity contribution in [3.63, 3.8) is 0 Å². The van der Waals surface area contributed by atoms with Crippen molar-refractivity contribution < 1.29 is 9.59 Å². The minimum atomic E-state index is -0.233. The maximum Gasteiger partial charge on any atom is 0.240 e. The van der Waals surface area contributed by atoms with Crippen LogP contribution in [0.2, 0.25) is 0 Å². The van der Waals surface area contributed by atoms with Gasteiger partial charge in [-0.1, -0.05) is 61.9 Å². The van der Waals surface area contributed by atoms with Crippen molar-refractivity contribution in [2.45, 2.75) is 45.4 Å². The van der Waals surface area contributed by atoms with Gasteiger partial charge in [0, 0.05) is 25.1 Å². The van der Waals surface area contributed by atoms with E-state index in [1.165, 1.54) is 5.56 Å². The predicted octanol–water partition coefficient (Wildman–Crippen LogP) is 4.07. The first kappa shape index (κ1) is 19.8. The summed E-state index contributed by atoms with van der Waals surface area (Å²) in [7, 11) is 0. The third kappa shape index (κ3) is 5.06. The Bertz CT molecular complexity index is 846. The second-order valence-electron chi connectivity index (χ2n) is 6.99. The fraction of sp³-hybridized carbons (Fsp3) is 0.348. The highest BCUT2D eigenvalue weighted by Crippen LogP contribution is 2.27. The van der Waals surface area contributed by atoms with E-state index in [1.54, 1.807) is 0 Å². The lowest BCUT2D eigenvalue weighted by Gasteiger charge is -2.29. The number of benzene rings is 2. The number of hydrogen-bond donors (Lipinski definition) is 1. The molecule has 0 saturated carbocycles. The highest BCUT2D eigenvalue weighted by Gasteiger charge is 2.22. The molecular formula is C23H27N3O2. The lowest BCUT2D eigenvalue weighted by atomic mass is 10.0. The predicted molar refractivity (Wildman–Crippen MR) is 112 cm³/mol. The van der Waals surface area contributed by atoms with Crippen molar-refractivity contribution in [3.8, 4) is 0 Å². The SMILES string of the molecule is CCCC(=NNC(=O)CCC(=O)N1CCCc2ccccc21)c1ccccc1. The van der Waals surface area contributed by atoms with Gasteiger partial charge in [0.05, 0.1) is 5.71 Å². The molecule has 0 spiro atoms. The summed E-state index contributed by atoms with van der Waals surface area (Å²) in [5.41, 5.74) is 6.66. The largest absolute Gasteiger partial charge is 0.312 e. The van der Waals surface area contributed by atoms with Crippen LogP contribution in [0.5, 0.6) is 0 Å². The van der Waals surface area contributed by atoms with Crippen LogP contribution in [0.4, 0.5) is 5.69 Å². The topological polar surface area (TPSA) is 61.8 Å². The third-order valence-corrected chi connectivity index (χ3v) is 4.89. The van der Waals surface area contributed by atoms with E-state index in [-0.39, 0.29) is 24.7 Å². The first-order chi connectivity index (χ1) is 13.7. The third-order valence-electron chi connectivity index (χ3n) is 4.89. The van der Waals surface area contributed by atoms with Gasteiger partial charge in [0.1, 0.15) is 0 Å². The first-order valence-corrected chi connectivity index (χ1v) is 9.98. The van der Waals surface area contributed by atoms with Crippen LogP contribution in [0.25, 0.3) is 0 Å². The van der Waals surface area contributed by atoms with E-state index in [1.807, 2.05) is 53.4 Å². The van der Waals surface area contributed by atoms with Crippen LogP contribution in [0, 0.1) is 0 Å². The molecule has 2 aromatic rings. The van der Waals surface area contributed by atoms with E-state index in [0.717, 1.165) is 42.6 Å². The number of carbonyl (C=O) groups excluding carboxylic acids is 2. The lowest BCUT2D eigenvalue weighted by Crippen LogP contribution is -2.36. The fourth-order valence-electron chi connectivity index (χ4n) is 3.47. The van der Waals surface area contributed by atoms with E-state index in [2.05, 4.69) is 23.5 Å². The van der Waals surface area contributed by atoms with Gasteiger partial charge in [-0.2, -0.15) is 5.10 Å². The summed E-state index contributed by atoms with van der Waals surface area (Å²) in [6.07, 6.45) is 4.00. The summed E-state index contributed by atoms with van der Waals surface area (Å²) in [5, 5.41) is 4.30. The van der Waals surface area contributed by atoms with E-state index < -0.39 is 0 Å². The minimum absolute atomic E-state index is 0.0110. The average Bonchev–Trinajstić information content (AvgIpc) is 2.75. The number of rotatable bonds is 7. The van der Waals surface area contributed by atoms with Crippen LogP contribution in [-0.4, -0.2) is 24.1 Å². The Balaban J connectivity index is 1.56. The Labute approximate surface area is 166 Å². The summed E-state index contributed by atoms with van der Waals surface area (Å²) in [4.78, 5) is 26.7. The van der Waals surface area contributed by atoms with E-state index >= 15 is 0 Å². The van der Waals surface area contributed by atoms with Crippen LogP contribution in [0.15, 0.2) is 59.7 Å². The van der Waals surface area contributed by atoms with Crippen molar-refractivity contribution in [1.29, 1.82) is 0 Å². The molecule has 0 bridgehead atoms. The van der Waals surface area contributed by atoms with Gasteiger partial charge in [0.2, 0.25) is 11.8 Å². The number of nitrogens with zero attached hydrogens (tertiary/aromatic N) is 2. The van der Waals surface area contributed by atoms with Crippen LogP contribution in [-0.2, 0) is 16.0 Å². The second kappa shape index (κ2) is 9.83. The summed E-state index contributed by atoms with van der Waals surface area (Å²) < 4.78 is 0. The van der Waals surface area contributed by atoms with Crippen molar-refractivity contribution >= 4 is 23.2 Å². The molecule has 0 unspecified atom stereocenters. The molecule has 2 aromatic carbocycles. The van der Waals surface area contributed by atoms with E-state index in [4.69, 9.17) is 0 Å². The zero-order valence-corrected chi connectivity index (χ0v) is 16.4. The molecule has 5 heteroatoms. The number of fused-ring (bicyclic) bond motifs is 1. The van der Waals surface area contributed by atoms with Gasteiger partial charge in [-0.15, -0.1) is 0 Å². The van der Waals surface area contributed by atoms with E-state index in [0.29, 0.717) is 6.54 Å². The average molecular weight is 377 g/mol. The van der Waals surface area contributed by atoms with Gasteiger partial charge < -0.3 is 4.90 Å². The number of hydrazone groups is 1. The Hall–Kier alpha value is -2.95. The molecule has 146 valence electrons. The zero-order chi connectivity index (χ0) is 19.8. The normalized spacial score (nSPS) is 13.8. The van der Waals surface area contributed by atoms with Crippen molar-refractivity contribution in [1.82, 2.24) is 5.43 Å². The number of aryl methyl sites for hydroxylation is 1. The van der Waals surface area contributed by atoms with Crippen molar-refractivity contribution in [3.05, 3.63) is 65.7 Å². The zero-order valence-electron chi connectivity index (χ0n) is 16.4. The molecule has 0 saturated heterocycles. The van der Waals surface area contributed by atoms with Gasteiger partial charge in [0.25, 0.3) is 0 Å². The van der Waals surface area contributed by atoms with Gasteiger partial charge in [-0.05, 0) is 36.5 Å². The summed E-state index contributed by atoms with van der Waals surface area (Å²) in [6.45, 7) is 2.79. The van der Waals surface area contributed by atoms with Gasteiger partial charge >= 0.3 is 0 Å². The van der Waals surface area contributed by atoms with Crippen molar-refractivity contribution in [2.75, 3.05) is 11.4 Å². The maximum atomic E-state index is 12.6. The molecule has 0 aliphatic carbocycles. The molecule has 5 nitrogen and oxygen atoms in total. The monoisotopic (exact) mass is 377 g/mol. The Morgan fingerprint density at radius 1 is 1.00 bits per heavy atom. The summed E-state index contributed by atoms with van der Waals surface area (Å²) in [6, 6.07) is 17.8. The lowest BCUT2D eigenvalue weighted by molar-refractivity contribution is -0.125. The molecule has 1 heterocycles. The van der Waals surface area contributed by atoms with Crippen LogP contribution in [0.1, 0.15) is 50.2 Å². The fourth-order valence-corrected chi connectivity index (χ4v) is 3.47. The van der Waals surface area contributed by atoms with Gasteiger partial charge in [0.15, 0.2) is 0 Å². The second-order valence-corrected chi connectivity index (χ2v) is 6.99. The van der Waals surface area contributed by atoms with Crippen molar-refractivity contribution in [2.24, 2.45) is 5.10 Å². The molecule has 0 fully saturated rings. The molecule has 3 rings (SSSR count). The number of nitrogens with one attached hydrogen (secondary N) is 1. The van der Waals surface area contributed by atoms with Crippen LogP contribution >= 0.6 is 0 Å². The number of para-hydroxylation sites is 1. The highest BCUT2D eigenvalue weighted by molar-refractivity contribution is 6.01. The Morgan fingerprint density at radius 3 is 2.54 bits per heavy atom. The first-order valence-electron chi connectivity index (χ1n) is 9.98. The summed E-state index contributed by atoms with van der Waals surface area (Å²) >= 11 is 0. The highest BCUT2D eigenvalue weighted by atomic mass is 16.2. The Morgan fingerprint density at radius 2 is 1.75 bits per heavy atom. The van der Waals surface area contributed by atoms with Gasteiger partial charge in [-0.25, -0.2) is 5.43 Å². The number of carbonyl (C=O) groups is 2. The number of anilines is 1. The standard InChI is InChI=1S/C23H27N3O2/c1-2-9-20(18-10-4-3-5-11-18)24-25-22(27)15-16-23(28)26-17-8-13-19-12-6-7-14-21(19)26/h3-7,10-12,14H,2,8-9,13,15-17H2,1H3,(H,25,27). The molecule has 1 N–H and O–H groups in total. The summed E-state index contributed by atoms with van der Waals surface area (Å²) in [5.74, 6) is -0.244. The van der Waals surface area contributed by atoms with Gasteiger partial charge in [-0.3, -0.25) is 9.59 Å². The molecule has 0 atom stereocenters. The smallest absolute Gasteiger partial charge is 0.240 e. The molecule has 0 radical (unpaired) electrons. The maximum absolute atomic E-state index is 12.6. The van der Waals surface area contributed by atoms with E-state index in [9.17, 15) is 9.59 Å². The van der Waals surface area contributed by atoms with Crippen LogP contribution in [0.3, 0.4) is 0 Å². The molecule has 1 aliphatic rings. The minimum Gasteiger partial charge on any atom is -0.312 e.